The third kappa shape index (κ3) is 2.51. The highest BCUT2D eigenvalue weighted by Crippen LogP contribution is 2.44. The smallest absolute Gasteiger partial charge is 0.258 e. The lowest BCUT2D eigenvalue weighted by molar-refractivity contribution is 0.0975. The molecule has 2 aromatic rings. The Hall–Kier alpha value is -1.51. The van der Waals surface area contributed by atoms with Gasteiger partial charge in [0.05, 0.1) is 16.8 Å². The fourth-order valence-corrected chi connectivity index (χ4v) is 3.54. The lowest BCUT2D eigenvalue weighted by Crippen LogP contribution is -2.48. The van der Waals surface area contributed by atoms with Gasteiger partial charge in [-0.3, -0.25) is 4.79 Å². The number of halogens is 2. The van der Waals surface area contributed by atoms with Gasteiger partial charge < -0.3 is 4.90 Å². The van der Waals surface area contributed by atoms with Crippen LogP contribution in [0.15, 0.2) is 48.5 Å². The number of hydrogen-bond donors (Lipinski definition) is 0. The largest absolute Gasteiger partial charge is 0.304 e. The van der Waals surface area contributed by atoms with E-state index in [1.165, 1.54) is 0 Å². The maximum atomic E-state index is 12.9. The minimum Gasteiger partial charge on any atom is -0.304 e. The van der Waals surface area contributed by atoms with Gasteiger partial charge in [0.1, 0.15) is 0 Å². The second-order valence-electron chi connectivity index (χ2n) is 5.69. The minimum atomic E-state index is -0.330. The Kier molecular flexibility index (Phi) is 4.16. The summed E-state index contributed by atoms with van der Waals surface area (Å²) in [4.78, 5) is 14.7. The molecule has 3 atom stereocenters. The van der Waals surface area contributed by atoms with Crippen LogP contribution >= 0.6 is 23.2 Å². The number of benzene rings is 2. The van der Waals surface area contributed by atoms with Gasteiger partial charge in [-0.25, -0.2) is 0 Å². The second-order valence-corrected chi connectivity index (χ2v) is 6.66. The quantitative estimate of drug-likeness (QED) is 0.677. The monoisotopic (exact) mass is 333 g/mol. The lowest BCUT2D eigenvalue weighted by Gasteiger charge is -2.40. The molecular formula is C18H17Cl2NO. The van der Waals surface area contributed by atoms with Crippen LogP contribution in [0, 0.1) is 6.92 Å². The Bertz CT molecular complexity index is 701. The summed E-state index contributed by atoms with van der Waals surface area (Å²) < 4.78 is 0. The van der Waals surface area contributed by atoms with Crippen molar-refractivity contribution >= 4 is 34.8 Å². The predicted molar refractivity (Wildman–Crippen MR) is 92.1 cm³/mol. The molecule has 1 aliphatic heterocycles. The maximum Gasteiger partial charge on any atom is 0.258 e. The number of carbonyl (C=O) groups excluding carboxylic acids is 1. The van der Waals surface area contributed by atoms with E-state index >= 15 is 0 Å². The Morgan fingerprint density at radius 1 is 1.09 bits per heavy atom. The first-order valence-electron chi connectivity index (χ1n) is 7.28. The van der Waals surface area contributed by atoms with Crippen molar-refractivity contribution in [2.75, 3.05) is 4.90 Å². The van der Waals surface area contributed by atoms with Crippen LogP contribution in [0.1, 0.15) is 33.8 Å². The van der Waals surface area contributed by atoms with E-state index in [1.807, 2.05) is 62.4 Å². The summed E-state index contributed by atoms with van der Waals surface area (Å²) in [5, 5.41) is -0.630. The van der Waals surface area contributed by atoms with Crippen molar-refractivity contribution in [3.05, 3.63) is 65.2 Å². The van der Waals surface area contributed by atoms with Crippen LogP contribution in [0.5, 0.6) is 0 Å². The second kappa shape index (κ2) is 5.94. The van der Waals surface area contributed by atoms with E-state index in [0.717, 1.165) is 16.8 Å². The van der Waals surface area contributed by atoms with Crippen molar-refractivity contribution < 1.29 is 4.79 Å². The van der Waals surface area contributed by atoms with Crippen LogP contribution in [0.4, 0.5) is 5.69 Å². The number of nitrogens with zero attached hydrogens (tertiary/aromatic N) is 1. The van der Waals surface area contributed by atoms with Gasteiger partial charge >= 0.3 is 0 Å². The molecule has 0 bridgehead atoms. The van der Waals surface area contributed by atoms with E-state index < -0.39 is 0 Å². The average molecular weight is 334 g/mol. The highest BCUT2D eigenvalue weighted by molar-refractivity contribution is 6.32. The zero-order valence-corrected chi connectivity index (χ0v) is 14.0. The number of amides is 1. The molecule has 1 aliphatic rings. The van der Waals surface area contributed by atoms with E-state index in [0.29, 0.717) is 5.56 Å². The highest BCUT2D eigenvalue weighted by atomic mass is 35.5. The molecule has 0 aromatic heterocycles. The van der Waals surface area contributed by atoms with Crippen molar-refractivity contribution in [1.29, 1.82) is 0 Å². The Labute approximate surface area is 140 Å². The van der Waals surface area contributed by atoms with E-state index in [2.05, 4.69) is 0 Å². The molecule has 1 amide bonds. The molecule has 3 rings (SSSR count). The van der Waals surface area contributed by atoms with Gasteiger partial charge in [0.25, 0.3) is 5.91 Å². The van der Waals surface area contributed by atoms with Gasteiger partial charge in [-0.2, -0.15) is 0 Å². The molecule has 0 fully saturated rings. The van der Waals surface area contributed by atoms with Gasteiger partial charge in [-0.15, -0.1) is 23.2 Å². The summed E-state index contributed by atoms with van der Waals surface area (Å²) in [5.74, 6) is -0.0487. The highest BCUT2D eigenvalue weighted by Gasteiger charge is 2.39. The van der Waals surface area contributed by atoms with Gasteiger partial charge in [-0.05, 0) is 37.6 Å². The van der Waals surface area contributed by atoms with Crippen molar-refractivity contribution in [3.63, 3.8) is 0 Å². The molecule has 2 nitrogen and oxygen atoms in total. The number of carbonyl (C=O) groups is 1. The number of rotatable bonds is 1. The van der Waals surface area contributed by atoms with Gasteiger partial charge in [0, 0.05) is 11.3 Å². The molecule has 0 saturated carbocycles. The van der Waals surface area contributed by atoms with Crippen LogP contribution in [0.25, 0.3) is 0 Å². The molecular weight excluding hydrogens is 317 g/mol. The SMILES string of the molecule is Cc1ccc2c(c1)[C@H](Cl)[C@H](Cl)[C@@H](C)N2C(=O)c1ccccc1. The van der Waals surface area contributed by atoms with E-state index in [4.69, 9.17) is 23.2 Å². The zero-order valence-electron chi connectivity index (χ0n) is 12.5. The number of aryl methyl sites for hydroxylation is 1. The summed E-state index contributed by atoms with van der Waals surface area (Å²) in [6, 6.07) is 15.0. The Morgan fingerprint density at radius 3 is 2.45 bits per heavy atom. The Balaban J connectivity index is 2.11. The number of hydrogen-bond acceptors (Lipinski definition) is 1. The molecule has 22 heavy (non-hydrogen) atoms. The first kappa shape index (κ1) is 15.4. The fourth-order valence-electron chi connectivity index (χ4n) is 2.91. The van der Waals surface area contributed by atoms with Crippen LogP contribution < -0.4 is 4.90 Å². The van der Waals surface area contributed by atoms with Crippen molar-refractivity contribution in [2.45, 2.75) is 30.6 Å². The van der Waals surface area contributed by atoms with Crippen LogP contribution in [0.3, 0.4) is 0 Å². The molecule has 1 heterocycles. The molecule has 0 aliphatic carbocycles. The predicted octanol–water partition coefficient (Wildman–Crippen LogP) is 4.93. The standard InChI is InChI=1S/C18H17Cl2NO/c1-11-8-9-15-14(10-11)17(20)16(19)12(2)21(15)18(22)13-6-4-3-5-7-13/h3-10,12,16-17H,1-2H3/t12-,16-,17+/m1/s1. The molecule has 0 radical (unpaired) electrons. The van der Waals surface area contributed by atoms with Crippen molar-refractivity contribution in [1.82, 2.24) is 0 Å². The number of fused-ring (bicyclic) bond motifs is 1. The first-order valence-corrected chi connectivity index (χ1v) is 8.15. The minimum absolute atomic E-state index is 0.0487. The normalized spacial score (nSPS) is 24.0. The molecule has 0 saturated heterocycles. The van der Waals surface area contributed by atoms with Crippen LogP contribution in [-0.2, 0) is 0 Å². The molecule has 0 spiro atoms. The van der Waals surface area contributed by atoms with E-state index in [-0.39, 0.29) is 22.7 Å². The number of alkyl halides is 2. The first-order chi connectivity index (χ1) is 10.5. The van der Waals surface area contributed by atoms with E-state index in [9.17, 15) is 4.79 Å². The summed E-state index contributed by atoms with van der Waals surface area (Å²) in [6.45, 7) is 3.95. The zero-order chi connectivity index (χ0) is 15.9. The summed E-state index contributed by atoms with van der Waals surface area (Å²) in [7, 11) is 0. The van der Waals surface area contributed by atoms with Gasteiger partial charge in [0.15, 0.2) is 0 Å². The molecule has 114 valence electrons. The third-order valence-electron chi connectivity index (χ3n) is 4.13. The molecule has 2 aromatic carbocycles. The van der Waals surface area contributed by atoms with Gasteiger partial charge in [0.2, 0.25) is 0 Å². The third-order valence-corrected chi connectivity index (χ3v) is 5.38. The van der Waals surface area contributed by atoms with Gasteiger partial charge in [-0.1, -0.05) is 35.9 Å². The fraction of sp³-hybridized carbons (Fsp3) is 0.278. The molecule has 4 heteroatoms. The average Bonchev–Trinajstić information content (AvgIpc) is 2.54. The summed E-state index contributed by atoms with van der Waals surface area (Å²) >= 11 is 13.0. The maximum absolute atomic E-state index is 12.9. The topological polar surface area (TPSA) is 20.3 Å². The summed E-state index contributed by atoms with van der Waals surface area (Å²) in [5.41, 5.74) is 3.53. The molecule has 0 unspecified atom stereocenters. The van der Waals surface area contributed by atoms with Crippen molar-refractivity contribution in [3.8, 4) is 0 Å². The van der Waals surface area contributed by atoms with Crippen molar-refractivity contribution in [2.24, 2.45) is 0 Å². The Morgan fingerprint density at radius 2 is 1.77 bits per heavy atom. The molecule has 0 N–H and O–H groups in total. The van der Waals surface area contributed by atoms with Crippen LogP contribution in [-0.4, -0.2) is 17.3 Å². The number of anilines is 1. The van der Waals surface area contributed by atoms with E-state index in [1.54, 1.807) is 4.90 Å². The summed E-state index contributed by atoms with van der Waals surface area (Å²) in [6.07, 6.45) is 0. The lowest BCUT2D eigenvalue weighted by atomic mass is 9.93. The van der Waals surface area contributed by atoms with Crippen LogP contribution in [0.2, 0.25) is 0 Å².